The zero-order chi connectivity index (χ0) is 36.1. The van der Waals surface area contributed by atoms with Crippen LogP contribution in [0.2, 0.25) is 0 Å². The number of imide groups is 1. The van der Waals surface area contributed by atoms with E-state index in [-0.39, 0.29) is 36.8 Å². The second-order valence-electron chi connectivity index (χ2n) is 14.2. The Balaban J connectivity index is 1.83. The molecule has 0 heterocycles. The third kappa shape index (κ3) is 13.1. The van der Waals surface area contributed by atoms with E-state index in [2.05, 4.69) is 16.0 Å². The van der Waals surface area contributed by atoms with Gasteiger partial charge in [-0.05, 0) is 60.4 Å². The summed E-state index contributed by atoms with van der Waals surface area (Å²) >= 11 is 0. The molecule has 0 fully saturated rings. The van der Waals surface area contributed by atoms with Gasteiger partial charge in [0.05, 0.1) is 6.10 Å². The van der Waals surface area contributed by atoms with Gasteiger partial charge in [-0.15, -0.1) is 0 Å². The first kappa shape index (κ1) is 38.9. The number of nitrogens with two attached hydrogens (primary N) is 1. The van der Waals surface area contributed by atoms with E-state index in [1.807, 2.05) is 74.5 Å². The molecule has 3 aromatic rings. The number of phenols is 1. The van der Waals surface area contributed by atoms with Gasteiger partial charge in [0.15, 0.2) is 0 Å². The molecule has 49 heavy (non-hydrogen) atoms. The lowest BCUT2D eigenvalue weighted by Crippen LogP contribution is -2.57. The standard InChI is InChI=1S/C39H52N4O6/c1-25(2)20-32(42-38(49)39(3,4)5)36(47)41-33(23-27-14-10-7-11-15-27)37(48)43-35(46)29(21-28-16-18-30(44)19-17-28)24-34(45)31(40)22-26-12-8-6-9-13-26/h6-19,25,29,31-34,44-45H,20-24,40H2,1-5H3,(H,41,47)(H,42,49)(H,43,46,48)/t29-,31+,32?,33?,34+/m1/s1. The van der Waals surface area contributed by atoms with Crippen molar-refractivity contribution in [1.82, 2.24) is 16.0 Å². The molecule has 0 saturated carbocycles. The van der Waals surface area contributed by atoms with Crippen LogP contribution in [0.3, 0.4) is 0 Å². The second-order valence-corrected chi connectivity index (χ2v) is 14.2. The molecular formula is C39H52N4O6. The highest BCUT2D eigenvalue weighted by molar-refractivity contribution is 6.01. The molecule has 0 spiro atoms. The van der Waals surface area contributed by atoms with E-state index in [4.69, 9.17) is 5.73 Å². The molecule has 264 valence electrons. The van der Waals surface area contributed by atoms with E-state index in [1.165, 1.54) is 12.1 Å². The summed E-state index contributed by atoms with van der Waals surface area (Å²) in [6.45, 7) is 9.13. The number of rotatable bonds is 16. The highest BCUT2D eigenvalue weighted by Crippen LogP contribution is 2.20. The van der Waals surface area contributed by atoms with Crippen LogP contribution >= 0.6 is 0 Å². The van der Waals surface area contributed by atoms with Crippen molar-refractivity contribution >= 4 is 23.6 Å². The quantitative estimate of drug-likeness (QED) is 0.134. The SMILES string of the molecule is CC(C)CC(NC(=O)C(C)(C)C)C(=O)NC(Cc1ccccc1)C(=O)NC(=O)[C@H](Cc1ccc(O)cc1)C[C@H](O)[C@@H](N)Cc1ccccc1. The summed E-state index contributed by atoms with van der Waals surface area (Å²) in [7, 11) is 0. The number of amides is 4. The van der Waals surface area contributed by atoms with Gasteiger partial charge in [-0.2, -0.15) is 0 Å². The molecule has 10 heteroatoms. The first-order chi connectivity index (χ1) is 23.1. The van der Waals surface area contributed by atoms with Crippen LogP contribution in [0.25, 0.3) is 0 Å². The fourth-order valence-electron chi connectivity index (χ4n) is 5.41. The minimum atomic E-state index is -1.14. The Kier molecular flexibility index (Phi) is 14.5. The number of nitrogens with one attached hydrogen (secondary N) is 3. The molecule has 0 aliphatic rings. The molecule has 0 aliphatic heterocycles. The molecular weight excluding hydrogens is 620 g/mol. The minimum Gasteiger partial charge on any atom is -0.508 e. The van der Waals surface area contributed by atoms with Gasteiger partial charge in [0, 0.05) is 23.8 Å². The smallest absolute Gasteiger partial charge is 0.249 e. The maximum absolute atomic E-state index is 13.8. The van der Waals surface area contributed by atoms with Gasteiger partial charge in [0.2, 0.25) is 23.6 Å². The summed E-state index contributed by atoms with van der Waals surface area (Å²) in [6, 6.07) is 22.2. The first-order valence-corrected chi connectivity index (χ1v) is 16.9. The third-order valence-corrected chi connectivity index (χ3v) is 8.30. The van der Waals surface area contributed by atoms with Crippen LogP contribution in [0.4, 0.5) is 0 Å². The Morgan fingerprint density at radius 1 is 0.673 bits per heavy atom. The predicted octanol–water partition coefficient (Wildman–Crippen LogP) is 3.82. The monoisotopic (exact) mass is 672 g/mol. The third-order valence-electron chi connectivity index (χ3n) is 8.30. The van der Waals surface area contributed by atoms with Crippen LogP contribution < -0.4 is 21.7 Å². The first-order valence-electron chi connectivity index (χ1n) is 16.9. The highest BCUT2D eigenvalue weighted by atomic mass is 16.3. The topological polar surface area (TPSA) is 171 Å². The summed E-state index contributed by atoms with van der Waals surface area (Å²) in [6.07, 6.45) is -0.0874. The second kappa shape index (κ2) is 18.3. The average molecular weight is 673 g/mol. The highest BCUT2D eigenvalue weighted by Gasteiger charge is 2.33. The zero-order valence-electron chi connectivity index (χ0n) is 29.2. The van der Waals surface area contributed by atoms with Gasteiger partial charge in [0.1, 0.15) is 17.8 Å². The van der Waals surface area contributed by atoms with Crippen molar-refractivity contribution in [2.75, 3.05) is 0 Å². The van der Waals surface area contributed by atoms with Crippen molar-refractivity contribution in [1.29, 1.82) is 0 Å². The lowest BCUT2D eigenvalue weighted by molar-refractivity contribution is -0.137. The van der Waals surface area contributed by atoms with Crippen molar-refractivity contribution in [3.05, 3.63) is 102 Å². The lowest BCUT2D eigenvalue weighted by atomic mass is 9.89. The number of aliphatic hydroxyl groups excluding tert-OH is 1. The van der Waals surface area contributed by atoms with E-state index >= 15 is 0 Å². The number of aliphatic hydroxyl groups is 1. The number of hydrogen-bond donors (Lipinski definition) is 6. The number of phenolic OH excluding ortho intramolecular Hbond substituents is 1. The normalized spacial score (nSPS) is 14.6. The molecule has 10 nitrogen and oxygen atoms in total. The van der Waals surface area contributed by atoms with Gasteiger partial charge in [-0.1, -0.05) is 107 Å². The van der Waals surface area contributed by atoms with E-state index in [9.17, 15) is 29.4 Å². The van der Waals surface area contributed by atoms with E-state index in [0.29, 0.717) is 12.8 Å². The fraction of sp³-hybridized carbons (Fsp3) is 0.436. The van der Waals surface area contributed by atoms with Crippen molar-refractivity contribution in [2.24, 2.45) is 23.0 Å². The average Bonchev–Trinajstić information content (AvgIpc) is 3.04. The molecule has 3 rings (SSSR count). The molecule has 4 amide bonds. The number of benzene rings is 3. The van der Waals surface area contributed by atoms with E-state index in [1.54, 1.807) is 32.9 Å². The summed E-state index contributed by atoms with van der Waals surface area (Å²) in [4.78, 5) is 54.1. The minimum absolute atomic E-state index is 0.0288. The Morgan fingerprint density at radius 2 is 1.20 bits per heavy atom. The van der Waals surface area contributed by atoms with Gasteiger partial charge >= 0.3 is 0 Å². The summed E-state index contributed by atoms with van der Waals surface area (Å²) in [5.74, 6) is -2.90. The molecule has 0 bridgehead atoms. The number of carbonyl (C=O) groups excluding carboxylic acids is 4. The van der Waals surface area contributed by atoms with Gasteiger partial charge in [0.25, 0.3) is 0 Å². The Labute approximate surface area is 289 Å². The van der Waals surface area contributed by atoms with Crippen LogP contribution in [-0.2, 0) is 38.4 Å². The molecule has 7 N–H and O–H groups in total. The largest absolute Gasteiger partial charge is 0.508 e. The van der Waals surface area contributed by atoms with Crippen LogP contribution in [-0.4, -0.2) is 58.1 Å². The predicted molar refractivity (Wildman–Crippen MR) is 190 cm³/mol. The van der Waals surface area contributed by atoms with Gasteiger partial charge in [-0.3, -0.25) is 24.5 Å². The van der Waals surface area contributed by atoms with Crippen LogP contribution in [0.1, 0.15) is 64.2 Å². The molecule has 2 unspecified atom stereocenters. The Morgan fingerprint density at radius 3 is 1.73 bits per heavy atom. The number of hydrogen-bond acceptors (Lipinski definition) is 7. The summed E-state index contributed by atoms with van der Waals surface area (Å²) in [5, 5.41) is 29.0. The van der Waals surface area contributed by atoms with Crippen LogP contribution in [0.15, 0.2) is 84.9 Å². The zero-order valence-corrected chi connectivity index (χ0v) is 29.2. The Bertz CT molecular complexity index is 1510. The van der Waals surface area contributed by atoms with E-state index in [0.717, 1.165) is 16.7 Å². The molecule has 0 saturated heterocycles. The summed E-state index contributed by atoms with van der Waals surface area (Å²) in [5.41, 5.74) is 8.05. The fourth-order valence-corrected chi connectivity index (χ4v) is 5.41. The maximum atomic E-state index is 13.8. The number of carbonyl (C=O) groups is 4. The summed E-state index contributed by atoms with van der Waals surface area (Å²) < 4.78 is 0. The molecule has 0 aliphatic carbocycles. The van der Waals surface area contributed by atoms with Crippen molar-refractivity contribution < 1.29 is 29.4 Å². The molecule has 0 aromatic heterocycles. The van der Waals surface area contributed by atoms with Crippen molar-refractivity contribution in [3.8, 4) is 5.75 Å². The van der Waals surface area contributed by atoms with Crippen molar-refractivity contribution in [3.63, 3.8) is 0 Å². The van der Waals surface area contributed by atoms with Crippen molar-refractivity contribution in [2.45, 2.75) is 91.0 Å². The van der Waals surface area contributed by atoms with Crippen LogP contribution in [0.5, 0.6) is 5.75 Å². The van der Waals surface area contributed by atoms with E-state index < -0.39 is 53.3 Å². The molecule has 3 aromatic carbocycles. The van der Waals surface area contributed by atoms with Gasteiger partial charge in [-0.25, -0.2) is 0 Å². The molecule has 5 atom stereocenters. The van der Waals surface area contributed by atoms with Crippen LogP contribution in [0, 0.1) is 17.3 Å². The number of aromatic hydroxyl groups is 1. The molecule has 0 radical (unpaired) electrons. The lowest BCUT2D eigenvalue weighted by Gasteiger charge is -2.27. The van der Waals surface area contributed by atoms with Gasteiger partial charge < -0.3 is 26.6 Å². The Hall–Kier alpha value is -4.54. The maximum Gasteiger partial charge on any atom is 0.249 e.